The Morgan fingerprint density at radius 2 is 1.90 bits per heavy atom. The molecular weight excluding hydrogens is 410 g/mol. The smallest absolute Gasteiger partial charge is 0.274 e. The first-order valence-corrected chi connectivity index (χ1v) is 10.5. The molecule has 0 saturated carbocycles. The molecule has 9 nitrogen and oxygen atoms in total. The summed E-state index contributed by atoms with van der Waals surface area (Å²) in [5.41, 5.74) is 3.47. The van der Waals surface area contributed by atoms with Crippen LogP contribution in [-0.2, 0) is 22.8 Å². The zero-order valence-electron chi connectivity index (χ0n) is 16.6. The largest absolute Gasteiger partial charge is 0.496 e. The second-order valence-corrected chi connectivity index (χ2v) is 8.52. The molecule has 0 aliphatic heterocycles. The monoisotopic (exact) mass is 431 g/mol. The number of hydrogen-bond acceptors (Lipinski definition) is 6. The molecule has 0 aliphatic carbocycles. The van der Waals surface area contributed by atoms with E-state index in [9.17, 15) is 18.0 Å². The highest BCUT2D eigenvalue weighted by atomic mass is 32.2. The van der Waals surface area contributed by atoms with E-state index in [0.29, 0.717) is 22.3 Å². The highest BCUT2D eigenvalue weighted by molar-refractivity contribution is 7.91. The van der Waals surface area contributed by atoms with Gasteiger partial charge in [0.1, 0.15) is 5.75 Å². The first kappa shape index (κ1) is 21.3. The Hall–Kier alpha value is -3.37. The molecule has 0 fully saturated rings. The molecule has 30 heavy (non-hydrogen) atoms. The van der Waals surface area contributed by atoms with Crippen LogP contribution in [0.25, 0.3) is 10.9 Å². The van der Waals surface area contributed by atoms with Crippen molar-refractivity contribution in [2.24, 2.45) is 7.05 Å². The van der Waals surface area contributed by atoms with Crippen LogP contribution in [-0.4, -0.2) is 31.2 Å². The maximum atomic E-state index is 12.7. The fourth-order valence-corrected chi connectivity index (χ4v) is 4.40. The number of aromatic nitrogens is 1. The molecule has 1 amide bonds. The zero-order chi connectivity index (χ0) is 22.1. The number of anilines is 1. The molecule has 0 saturated heterocycles. The number of carbonyl (C=O) groups excluding carboxylic acids is 1. The van der Waals surface area contributed by atoms with E-state index in [-0.39, 0.29) is 22.6 Å². The van der Waals surface area contributed by atoms with Crippen LogP contribution in [0.2, 0.25) is 0 Å². The summed E-state index contributed by atoms with van der Waals surface area (Å²) >= 11 is 0. The zero-order valence-corrected chi connectivity index (χ0v) is 17.4. The number of methoxy groups -OCH3 is 1. The van der Waals surface area contributed by atoms with Crippen LogP contribution in [0.5, 0.6) is 5.75 Å². The second-order valence-electron chi connectivity index (χ2n) is 6.79. The molecular formula is C20H21N3O6S. The summed E-state index contributed by atoms with van der Waals surface area (Å²) in [7, 11) is -0.787. The van der Waals surface area contributed by atoms with Gasteiger partial charge in [0.2, 0.25) is 10.0 Å². The molecule has 0 spiro atoms. The van der Waals surface area contributed by atoms with E-state index < -0.39 is 15.9 Å². The minimum absolute atomic E-state index is 0.110. The quantitative estimate of drug-likeness (QED) is 0.404. The van der Waals surface area contributed by atoms with E-state index in [1.54, 1.807) is 38.2 Å². The Morgan fingerprint density at radius 3 is 2.57 bits per heavy atom. The van der Waals surface area contributed by atoms with E-state index in [4.69, 9.17) is 9.94 Å². The van der Waals surface area contributed by atoms with E-state index >= 15 is 0 Å². The molecule has 3 rings (SSSR count). The van der Waals surface area contributed by atoms with Gasteiger partial charge < -0.3 is 9.30 Å². The Bertz CT molecular complexity index is 1300. The highest BCUT2D eigenvalue weighted by Gasteiger charge is 2.17. The van der Waals surface area contributed by atoms with Crippen LogP contribution in [0, 0.1) is 6.92 Å². The number of amides is 1. The van der Waals surface area contributed by atoms with Crippen molar-refractivity contribution in [2.75, 3.05) is 11.8 Å². The van der Waals surface area contributed by atoms with Gasteiger partial charge >= 0.3 is 0 Å². The number of aryl methyl sites for hydroxylation is 2. The molecule has 0 atom stereocenters. The normalized spacial score (nSPS) is 11.3. The molecule has 1 aromatic heterocycles. The molecule has 158 valence electrons. The average molecular weight is 431 g/mol. The topological polar surface area (TPSA) is 127 Å². The second kappa shape index (κ2) is 8.17. The molecule has 0 unspecified atom stereocenters. The third kappa shape index (κ3) is 4.29. The van der Waals surface area contributed by atoms with Crippen molar-refractivity contribution in [3.8, 4) is 5.75 Å². The van der Waals surface area contributed by atoms with Gasteiger partial charge in [0, 0.05) is 34.8 Å². The van der Waals surface area contributed by atoms with Gasteiger partial charge in [-0.3, -0.25) is 19.5 Å². The van der Waals surface area contributed by atoms with Gasteiger partial charge in [0.15, 0.2) is 0 Å². The summed E-state index contributed by atoms with van der Waals surface area (Å²) in [5, 5.41) is 9.46. The van der Waals surface area contributed by atoms with Crippen molar-refractivity contribution >= 4 is 32.5 Å². The van der Waals surface area contributed by atoms with Gasteiger partial charge in [-0.05, 0) is 43.3 Å². The van der Waals surface area contributed by atoms with Crippen LogP contribution >= 0.6 is 0 Å². The van der Waals surface area contributed by atoms with E-state index in [2.05, 4.69) is 4.72 Å². The Labute approximate surface area is 172 Å². The van der Waals surface area contributed by atoms with E-state index in [1.807, 2.05) is 0 Å². The predicted molar refractivity (Wildman–Crippen MR) is 112 cm³/mol. The predicted octanol–water partition coefficient (Wildman–Crippen LogP) is 1.92. The number of ether oxygens (including phenoxy) is 1. The minimum Gasteiger partial charge on any atom is -0.496 e. The molecule has 3 aromatic rings. The summed E-state index contributed by atoms with van der Waals surface area (Å²) in [5.74, 6) is -0.922. The summed E-state index contributed by atoms with van der Waals surface area (Å²) in [6.45, 7) is 1.70. The lowest BCUT2D eigenvalue weighted by Crippen LogP contribution is -2.20. The average Bonchev–Trinajstić information content (AvgIpc) is 2.71. The van der Waals surface area contributed by atoms with Crippen LogP contribution in [0.3, 0.4) is 0 Å². The lowest BCUT2D eigenvalue weighted by molar-refractivity contribution is 0.0706. The first-order chi connectivity index (χ1) is 14.1. The number of carbonyl (C=O) groups is 1. The number of fused-ring (bicyclic) bond motifs is 1. The molecule has 3 N–H and O–H groups in total. The summed E-state index contributed by atoms with van der Waals surface area (Å²) in [4.78, 5) is 23.6. The third-order valence-corrected chi connectivity index (χ3v) is 5.91. The number of nitrogens with one attached hydrogen (secondary N) is 2. The maximum Gasteiger partial charge on any atom is 0.274 e. The molecule has 10 heteroatoms. The van der Waals surface area contributed by atoms with Crippen LogP contribution in [0.15, 0.2) is 47.3 Å². The number of nitrogens with zero attached hydrogens (tertiary/aromatic N) is 1. The Morgan fingerprint density at radius 1 is 1.17 bits per heavy atom. The van der Waals surface area contributed by atoms with Crippen molar-refractivity contribution < 1.29 is 23.2 Å². The molecule has 0 bridgehead atoms. The van der Waals surface area contributed by atoms with E-state index in [0.717, 1.165) is 5.39 Å². The SMILES string of the molecule is COc1cc(C(=O)NO)ccc1CS(=O)(=O)Nc1ccc2c(c1)cc(C)c(=O)n2C. The maximum absolute atomic E-state index is 12.7. The van der Waals surface area contributed by atoms with Crippen LogP contribution < -0.4 is 20.5 Å². The lowest BCUT2D eigenvalue weighted by Gasteiger charge is -2.13. The van der Waals surface area contributed by atoms with Crippen LogP contribution in [0.4, 0.5) is 5.69 Å². The van der Waals surface area contributed by atoms with Gasteiger partial charge in [-0.2, -0.15) is 0 Å². The highest BCUT2D eigenvalue weighted by Crippen LogP contribution is 2.25. The van der Waals surface area contributed by atoms with E-state index in [1.165, 1.54) is 35.4 Å². The van der Waals surface area contributed by atoms with Gasteiger partial charge in [-0.1, -0.05) is 6.07 Å². The Kier molecular flexibility index (Phi) is 5.81. The number of sulfonamides is 1. The summed E-state index contributed by atoms with van der Waals surface area (Å²) in [6, 6.07) is 10.8. The van der Waals surface area contributed by atoms with Gasteiger partial charge in [0.05, 0.1) is 18.4 Å². The van der Waals surface area contributed by atoms with Gasteiger partial charge in [-0.25, -0.2) is 13.9 Å². The van der Waals surface area contributed by atoms with Gasteiger partial charge in [0.25, 0.3) is 11.5 Å². The minimum atomic E-state index is -3.80. The summed E-state index contributed by atoms with van der Waals surface area (Å²) < 4.78 is 34.6. The van der Waals surface area contributed by atoms with Crippen molar-refractivity contribution in [1.29, 1.82) is 0 Å². The molecule has 0 radical (unpaired) electrons. The third-order valence-electron chi connectivity index (χ3n) is 4.67. The molecule has 2 aromatic carbocycles. The van der Waals surface area contributed by atoms with Crippen LogP contribution in [0.1, 0.15) is 21.5 Å². The number of pyridine rings is 1. The van der Waals surface area contributed by atoms with Crippen molar-refractivity contribution in [2.45, 2.75) is 12.7 Å². The number of hydrogen-bond donors (Lipinski definition) is 3. The van der Waals surface area contributed by atoms with Crippen molar-refractivity contribution in [3.63, 3.8) is 0 Å². The van der Waals surface area contributed by atoms with Gasteiger partial charge in [-0.15, -0.1) is 0 Å². The fourth-order valence-electron chi connectivity index (χ4n) is 3.20. The standard InChI is InChI=1S/C20H21N3O6S/c1-12-8-15-9-16(6-7-17(15)23(2)20(12)25)22-30(27,28)11-14-5-4-13(19(24)21-26)10-18(14)29-3/h4-10,22,26H,11H2,1-3H3,(H,21,24). The number of benzene rings is 2. The fraction of sp³-hybridized carbons (Fsp3) is 0.200. The first-order valence-electron chi connectivity index (χ1n) is 8.87. The van der Waals surface area contributed by atoms with Crippen molar-refractivity contribution in [3.05, 3.63) is 69.5 Å². The Balaban J connectivity index is 1.89. The molecule has 1 heterocycles. The summed E-state index contributed by atoms with van der Waals surface area (Å²) in [6.07, 6.45) is 0. The number of rotatable bonds is 6. The lowest BCUT2D eigenvalue weighted by atomic mass is 10.1. The number of hydroxylamine groups is 1. The van der Waals surface area contributed by atoms with Crippen molar-refractivity contribution in [1.82, 2.24) is 10.0 Å². The molecule has 0 aliphatic rings.